The lowest BCUT2D eigenvalue weighted by molar-refractivity contribution is -0.432. The lowest BCUT2D eigenvalue weighted by Gasteiger charge is -2.12. The second kappa shape index (κ2) is 9.96. The molecule has 0 atom stereocenters. The minimum atomic E-state index is -4.98. The highest BCUT2D eigenvalue weighted by molar-refractivity contribution is 7.94. The van der Waals surface area contributed by atoms with Gasteiger partial charge in [0.2, 0.25) is 0 Å². The summed E-state index contributed by atoms with van der Waals surface area (Å²) in [4.78, 5) is -1.21. The Hall–Kier alpha value is -3.15. The highest BCUT2D eigenvalue weighted by Crippen LogP contribution is 2.46. The van der Waals surface area contributed by atoms with Gasteiger partial charge in [-0.25, -0.2) is 5.26 Å². The van der Waals surface area contributed by atoms with E-state index in [4.69, 9.17) is 5.26 Å². The van der Waals surface area contributed by atoms with E-state index in [1.165, 1.54) is 18.2 Å². The minimum Gasteiger partial charge on any atom is -0.505 e. The summed E-state index contributed by atoms with van der Waals surface area (Å²) in [5.74, 6) is -0.328. The summed E-state index contributed by atoms with van der Waals surface area (Å²) in [5.41, 5.74) is 1.06. The molecule has 0 spiro atoms. The number of rotatable bonds is 7. The molecule has 0 saturated heterocycles. The van der Waals surface area contributed by atoms with Crippen molar-refractivity contribution in [2.24, 2.45) is 10.2 Å². The van der Waals surface area contributed by atoms with Crippen molar-refractivity contribution in [2.75, 3.05) is 0 Å². The van der Waals surface area contributed by atoms with Gasteiger partial charge in [0.05, 0.1) is 16.9 Å². The molecule has 0 radical (unpaired) electrons. The molecule has 4 aromatic carbocycles. The van der Waals surface area contributed by atoms with Crippen LogP contribution < -0.4 is 0 Å². The van der Waals surface area contributed by atoms with E-state index >= 15 is 0 Å². The van der Waals surface area contributed by atoms with Gasteiger partial charge in [0.1, 0.15) is 21.2 Å². The molecule has 4 aromatic rings. The summed E-state index contributed by atoms with van der Waals surface area (Å²) in [6, 6.07) is 10.9. The van der Waals surface area contributed by atoms with Gasteiger partial charge in [-0.3, -0.25) is 9.11 Å². The van der Waals surface area contributed by atoms with Crippen molar-refractivity contribution in [2.45, 2.75) is 28.5 Å². The van der Waals surface area contributed by atoms with Gasteiger partial charge in [0.15, 0.2) is 5.75 Å². The number of benzene rings is 4. The molecule has 4 rings (SSSR count). The Morgan fingerprint density at radius 2 is 1.62 bits per heavy atom. The lowest BCUT2D eigenvalue weighted by atomic mass is 10.0. The smallest absolute Gasteiger partial charge is 0.297 e. The predicted molar refractivity (Wildman–Crippen MR) is 133 cm³/mol. The highest BCUT2D eigenvalue weighted by atomic mass is 32.2. The Kier molecular flexibility index (Phi) is 7.24. The fourth-order valence-electron chi connectivity index (χ4n) is 4.06. The summed E-state index contributed by atoms with van der Waals surface area (Å²) in [6.07, 6.45) is 0. The first kappa shape index (κ1) is 26.9. The van der Waals surface area contributed by atoms with E-state index in [0.29, 0.717) is 28.4 Å². The van der Waals surface area contributed by atoms with E-state index in [1.54, 1.807) is 19.1 Å². The Morgan fingerprint density at radius 1 is 0.892 bits per heavy atom. The first-order valence-electron chi connectivity index (χ1n) is 10.2. The summed E-state index contributed by atoms with van der Waals surface area (Å²) in [6.45, 7) is 3.63. The first-order valence-corrected chi connectivity index (χ1v) is 13.8. The standard InChI is InChI=1S/C22H18N2O10S3/c1-11-8-12(2)19-13(9-11)10-17(35-34-33-26)20(21(19)25)24-23-16-7-6-14-15(22(16)37(30,31)32)4-3-5-18(14)36(27,28)29/h3-10,25-26H,1-2H3,(H,27,28,29)(H,30,31,32). The fourth-order valence-corrected chi connectivity index (χ4v) is 6.09. The molecule has 0 amide bonds. The topological polar surface area (TPSA) is 192 Å². The van der Waals surface area contributed by atoms with Gasteiger partial charge in [-0.1, -0.05) is 40.9 Å². The normalized spacial score (nSPS) is 12.7. The third-order valence-electron chi connectivity index (χ3n) is 5.39. The van der Waals surface area contributed by atoms with Crippen LogP contribution in [0.4, 0.5) is 11.4 Å². The first-order chi connectivity index (χ1) is 17.3. The molecule has 4 N–H and O–H groups in total. The number of phenols is 1. The molecule has 0 fully saturated rings. The van der Waals surface area contributed by atoms with Crippen LogP contribution in [-0.4, -0.2) is 36.3 Å². The van der Waals surface area contributed by atoms with Gasteiger partial charge in [-0.15, -0.1) is 14.6 Å². The average Bonchev–Trinajstić information content (AvgIpc) is 2.79. The van der Waals surface area contributed by atoms with Crippen molar-refractivity contribution in [3.05, 3.63) is 59.7 Å². The van der Waals surface area contributed by atoms with Gasteiger partial charge in [-0.2, -0.15) is 16.8 Å². The number of hydrogen-bond donors (Lipinski definition) is 4. The second-order valence-electron chi connectivity index (χ2n) is 7.89. The van der Waals surface area contributed by atoms with E-state index in [9.17, 15) is 31.0 Å². The zero-order valence-corrected chi connectivity index (χ0v) is 21.4. The molecule has 0 bridgehead atoms. The Balaban J connectivity index is 1.99. The Morgan fingerprint density at radius 3 is 2.27 bits per heavy atom. The third kappa shape index (κ3) is 5.29. The highest BCUT2D eigenvalue weighted by Gasteiger charge is 2.24. The zero-order chi connectivity index (χ0) is 27.1. The van der Waals surface area contributed by atoms with Crippen LogP contribution in [0, 0.1) is 13.8 Å². The number of hydrogen-bond acceptors (Lipinski definition) is 11. The van der Waals surface area contributed by atoms with Gasteiger partial charge < -0.3 is 5.11 Å². The molecule has 15 heteroatoms. The van der Waals surface area contributed by atoms with Crippen LogP contribution in [0.5, 0.6) is 5.75 Å². The molecule has 0 aliphatic heterocycles. The molecule has 0 aromatic heterocycles. The van der Waals surface area contributed by atoms with E-state index in [-0.39, 0.29) is 27.1 Å². The monoisotopic (exact) mass is 566 g/mol. The second-order valence-corrected chi connectivity index (χ2v) is 11.4. The minimum absolute atomic E-state index is 0.135. The quantitative estimate of drug-likeness (QED) is 0.0710. The summed E-state index contributed by atoms with van der Waals surface area (Å²) in [7, 11) is -9.70. The molecule has 12 nitrogen and oxygen atoms in total. The van der Waals surface area contributed by atoms with Crippen molar-refractivity contribution in [3.8, 4) is 5.75 Å². The number of aryl methyl sites for hydroxylation is 2. The molecule has 37 heavy (non-hydrogen) atoms. The van der Waals surface area contributed by atoms with Crippen LogP contribution in [0.3, 0.4) is 0 Å². The maximum Gasteiger partial charge on any atom is 0.297 e. The largest absolute Gasteiger partial charge is 0.505 e. The summed E-state index contributed by atoms with van der Waals surface area (Å²) >= 11 is 0.492. The van der Waals surface area contributed by atoms with Gasteiger partial charge >= 0.3 is 0 Å². The lowest BCUT2D eigenvalue weighted by Crippen LogP contribution is -2.03. The van der Waals surface area contributed by atoms with Gasteiger partial charge in [0.25, 0.3) is 20.2 Å². The van der Waals surface area contributed by atoms with Crippen molar-refractivity contribution < 1.29 is 45.7 Å². The summed E-state index contributed by atoms with van der Waals surface area (Å²) < 4.78 is 72.0. The number of azo groups is 1. The number of phenolic OH excluding ortho intramolecular Hbond substituents is 1. The van der Waals surface area contributed by atoms with E-state index in [2.05, 4.69) is 19.6 Å². The molecular weight excluding hydrogens is 548 g/mol. The predicted octanol–water partition coefficient (Wildman–Crippen LogP) is 5.65. The average molecular weight is 567 g/mol. The van der Waals surface area contributed by atoms with Gasteiger partial charge in [-0.05, 0) is 43.0 Å². The molecule has 0 saturated carbocycles. The van der Waals surface area contributed by atoms with Crippen LogP contribution >= 0.6 is 12.0 Å². The SMILES string of the molecule is Cc1cc(C)c2c(O)c(N=Nc3ccc4c(S(=O)(=O)O)cccc4c3S(=O)(=O)O)c(SOOO)cc2c1. The molecule has 0 aliphatic carbocycles. The van der Waals surface area contributed by atoms with Crippen LogP contribution in [0.15, 0.2) is 73.4 Å². The van der Waals surface area contributed by atoms with Crippen molar-refractivity contribution in [1.82, 2.24) is 0 Å². The van der Waals surface area contributed by atoms with Crippen molar-refractivity contribution in [1.29, 1.82) is 0 Å². The summed E-state index contributed by atoms with van der Waals surface area (Å²) in [5, 5.41) is 31.8. The molecule has 194 valence electrons. The van der Waals surface area contributed by atoms with Crippen molar-refractivity contribution >= 4 is 65.2 Å². The van der Waals surface area contributed by atoms with Crippen LogP contribution in [0.1, 0.15) is 11.1 Å². The Labute approximate surface area is 214 Å². The van der Waals surface area contributed by atoms with Crippen LogP contribution in [0.2, 0.25) is 0 Å². The molecule has 0 heterocycles. The molecule has 0 aliphatic rings. The van der Waals surface area contributed by atoms with E-state index < -0.39 is 35.7 Å². The maximum atomic E-state index is 12.3. The number of aromatic hydroxyl groups is 1. The van der Waals surface area contributed by atoms with E-state index in [0.717, 1.165) is 17.7 Å². The van der Waals surface area contributed by atoms with Gasteiger partial charge in [0, 0.05) is 16.2 Å². The third-order valence-corrected chi connectivity index (χ3v) is 7.87. The Bertz CT molecular complexity index is 1800. The zero-order valence-electron chi connectivity index (χ0n) is 19.0. The van der Waals surface area contributed by atoms with E-state index in [1.807, 2.05) is 13.0 Å². The molecular formula is C22H18N2O10S3. The van der Waals surface area contributed by atoms with Crippen LogP contribution in [0.25, 0.3) is 21.5 Å². The molecule has 0 unspecified atom stereocenters. The van der Waals surface area contributed by atoms with Crippen molar-refractivity contribution in [3.63, 3.8) is 0 Å². The van der Waals surface area contributed by atoms with Crippen LogP contribution in [-0.2, 0) is 29.6 Å². The fraction of sp³-hybridized carbons (Fsp3) is 0.0909. The number of fused-ring (bicyclic) bond motifs is 2. The number of nitrogens with zero attached hydrogens (tertiary/aromatic N) is 2. The maximum absolute atomic E-state index is 12.3.